The molecular formula is C19H21FN2O. The number of carbonyl (C=O) groups is 1. The number of carbonyl (C=O) groups excluding carboxylic acids is 1. The molecule has 1 saturated heterocycles. The predicted molar refractivity (Wildman–Crippen MR) is 89.9 cm³/mol. The second-order valence-electron chi connectivity index (χ2n) is 6.03. The largest absolute Gasteiger partial charge is 0.361 e. The number of benzene rings is 2. The van der Waals surface area contributed by atoms with E-state index < -0.39 is 0 Å². The summed E-state index contributed by atoms with van der Waals surface area (Å²) in [5, 5.41) is 0. The Hall–Kier alpha value is -2.36. The van der Waals surface area contributed by atoms with Crippen molar-refractivity contribution in [3.05, 3.63) is 65.5 Å². The smallest absolute Gasteiger partial charge is 0.219 e. The highest BCUT2D eigenvalue weighted by Crippen LogP contribution is 2.32. The maximum Gasteiger partial charge on any atom is 0.219 e. The molecule has 0 saturated carbocycles. The minimum Gasteiger partial charge on any atom is -0.361 e. The zero-order valence-electron chi connectivity index (χ0n) is 13.5. The summed E-state index contributed by atoms with van der Waals surface area (Å²) in [4.78, 5) is 15.8. The van der Waals surface area contributed by atoms with Gasteiger partial charge in [0.1, 0.15) is 5.82 Å². The lowest BCUT2D eigenvalue weighted by Gasteiger charge is -2.43. The molecule has 1 amide bonds. The van der Waals surface area contributed by atoms with Gasteiger partial charge in [0, 0.05) is 37.8 Å². The Kier molecular flexibility index (Phi) is 4.33. The van der Waals surface area contributed by atoms with Gasteiger partial charge in [0.25, 0.3) is 0 Å². The maximum atomic E-state index is 14.3. The summed E-state index contributed by atoms with van der Waals surface area (Å²) in [6.45, 7) is 5.48. The van der Waals surface area contributed by atoms with E-state index in [9.17, 15) is 9.18 Å². The normalized spacial score (nSPS) is 18.1. The van der Waals surface area contributed by atoms with Crippen molar-refractivity contribution in [1.82, 2.24) is 4.90 Å². The van der Waals surface area contributed by atoms with E-state index in [1.165, 1.54) is 11.6 Å². The fourth-order valence-corrected chi connectivity index (χ4v) is 3.20. The van der Waals surface area contributed by atoms with Crippen LogP contribution in [0.1, 0.15) is 24.1 Å². The molecule has 23 heavy (non-hydrogen) atoms. The molecule has 0 aliphatic carbocycles. The Morgan fingerprint density at radius 2 is 1.91 bits per heavy atom. The molecular weight excluding hydrogens is 291 g/mol. The van der Waals surface area contributed by atoms with Crippen LogP contribution in [0.5, 0.6) is 0 Å². The van der Waals surface area contributed by atoms with E-state index in [0.717, 1.165) is 5.69 Å². The van der Waals surface area contributed by atoms with Crippen LogP contribution in [-0.4, -0.2) is 30.4 Å². The lowest BCUT2D eigenvalue weighted by Crippen LogP contribution is -2.50. The molecule has 0 spiro atoms. The van der Waals surface area contributed by atoms with Gasteiger partial charge in [0.05, 0.1) is 6.04 Å². The first-order valence-corrected chi connectivity index (χ1v) is 7.89. The summed E-state index contributed by atoms with van der Waals surface area (Å²) in [5.41, 5.74) is 2.88. The van der Waals surface area contributed by atoms with E-state index in [1.807, 2.05) is 37.3 Å². The third kappa shape index (κ3) is 3.21. The molecule has 120 valence electrons. The number of aryl methyl sites for hydroxylation is 1. The van der Waals surface area contributed by atoms with Crippen molar-refractivity contribution < 1.29 is 9.18 Å². The monoisotopic (exact) mass is 312 g/mol. The number of piperazine rings is 1. The average molecular weight is 312 g/mol. The summed E-state index contributed by atoms with van der Waals surface area (Å²) in [6, 6.07) is 14.9. The van der Waals surface area contributed by atoms with Gasteiger partial charge in [0.15, 0.2) is 0 Å². The van der Waals surface area contributed by atoms with Gasteiger partial charge in [-0.15, -0.1) is 0 Å². The Morgan fingerprint density at radius 3 is 2.61 bits per heavy atom. The van der Waals surface area contributed by atoms with Crippen LogP contribution in [0.2, 0.25) is 0 Å². The SMILES string of the molecule is CC(=O)N1CCN(c2cccc(C)c2)C(c2ccccc2F)C1. The molecule has 0 bridgehead atoms. The maximum absolute atomic E-state index is 14.3. The van der Waals surface area contributed by atoms with Crippen molar-refractivity contribution in [3.63, 3.8) is 0 Å². The van der Waals surface area contributed by atoms with E-state index in [1.54, 1.807) is 17.9 Å². The molecule has 1 aliphatic rings. The van der Waals surface area contributed by atoms with Crippen LogP contribution in [0, 0.1) is 12.7 Å². The number of halogens is 1. The Bertz CT molecular complexity index is 716. The highest BCUT2D eigenvalue weighted by molar-refractivity contribution is 5.73. The van der Waals surface area contributed by atoms with Crippen molar-refractivity contribution >= 4 is 11.6 Å². The van der Waals surface area contributed by atoms with Crippen LogP contribution >= 0.6 is 0 Å². The standard InChI is InChI=1S/C19H21FN2O/c1-14-6-5-7-16(12-14)22-11-10-21(15(2)23)13-19(22)17-8-3-4-9-18(17)20/h3-9,12,19H,10-11,13H2,1-2H3. The van der Waals surface area contributed by atoms with E-state index in [-0.39, 0.29) is 17.8 Å². The second kappa shape index (κ2) is 6.41. The molecule has 1 unspecified atom stereocenters. The van der Waals surface area contributed by atoms with E-state index >= 15 is 0 Å². The number of hydrogen-bond donors (Lipinski definition) is 0. The van der Waals surface area contributed by atoms with Crippen molar-refractivity contribution in [2.24, 2.45) is 0 Å². The molecule has 3 rings (SSSR count). The third-order valence-electron chi connectivity index (χ3n) is 4.42. The lowest BCUT2D eigenvalue weighted by atomic mass is 10.00. The summed E-state index contributed by atoms with van der Waals surface area (Å²) >= 11 is 0. The van der Waals surface area contributed by atoms with Gasteiger partial charge in [-0.3, -0.25) is 4.79 Å². The molecule has 4 heteroatoms. The molecule has 0 N–H and O–H groups in total. The molecule has 2 aromatic carbocycles. The minimum absolute atomic E-state index is 0.0373. The molecule has 3 nitrogen and oxygen atoms in total. The number of anilines is 1. The molecule has 1 atom stereocenters. The van der Waals surface area contributed by atoms with Gasteiger partial charge in [-0.05, 0) is 30.7 Å². The zero-order chi connectivity index (χ0) is 16.4. The van der Waals surface area contributed by atoms with Crippen molar-refractivity contribution in [2.45, 2.75) is 19.9 Å². The lowest BCUT2D eigenvalue weighted by molar-refractivity contribution is -0.129. The highest BCUT2D eigenvalue weighted by atomic mass is 19.1. The first-order valence-electron chi connectivity index (χ1n) is 7.89. The molecule has 0 aromatic heterocycles. The van der Waals surface area contributed by atoms with Gasteiger partial charge in [0.2, 0.25) is 5.91 Å². The highest BCUT2D eigenvalue weighted by Gasteiger charge is 2.31. The molecule has 1 heterocycles. The number of nitrogens with zero attached hydrogens (tertiary/aromatic N) is 2. The number of hydrogen-bond acceptors (Lipinski definition) is 2. The van der Waals surface area contributed by atoms with Crippen LogP contribution in [-0.2, 0) is 4.79 Å². The molecule has 1 aliphatic heterocycles. The van der Waals surface area contributed by atoms with E-state index in [2.05, 4.69) is 11.0 Å². The second-order valence-corrected chi connectivity index (χ2v) is 6.03. The van der Waals surface area contributed by atoms with Gasteiger partial charge in [-0.1, -0.05) is 30.3 Å². The topological polar surface area (TPSA) is 23.6 Å². The molecule has 0 radical (unpaired) electrons. The number of rotatable bonds is 2. The van der Waals surface area contributed by atoms with Crippen LogP contribution in [0.3, 0.4) is 0 Å². The van der Waals surface area contributed by atoms with Crippen molar-refractivity contribution in [3.8, 4) is 0 Å². The zero-order valence-corrected chi connectivity index (χ0v) is 13.5. The van der Waals surface area contributed by atoms with Crippen molar-refractivity contribution in [1.29, 1.82) is 0 Å². The van der Waals surface area contributed by atoms with Crippen LogP contribution in [0.15, 0.2) is 48.5 Å². The van der Waals surface area contributed by atoms with Gasteiger partial charge >= 0.3 is 0 Å². The molecule has 1 fully saturated rings. The Labute approximate surface area is 136 Å². The van der Waals surface area contributed by atoms with E-state index in [4.69, 9.17) is 0 Å². The molecule has 2 aromatic rings. The predicted octanol–water partition coefficient (Wildman–Crippen LogP) is 3.54. The number of amides is 1. The minimum atomic E-state index is -0.222. The summed E-state index contributed by atoms with van der Waals surface area (Å²) in [5.74, 6) is -0.184. The van der Waals surface area contributed by atoms with Gasteiger partial charge in [-0.25, -0.2) is 4.39 Å². The van der Waals surface area contributed by atoms with Crippen molar-refractivity contribution in [2.75, 3.05) is 24.5 Å². The fourth-order valence-electron chi connectivity index (χ4n) is 3.20. The van der Waals surface area contributed by atoms with Crippen LogP contribution in [0.25, 0.3) is 0 Å². The van der Waals surface area contributed by atoms with Crippen LogP contribution in [0.4, 0.5) is 10.1 Å². The Balaban J connectivity index is 2.00. The third-order valence-corrected chi connectivity index (χ3v) is 4.42. The van der Waals surface area contributed by atoms with Gasteiger partial charge in [-0.2, -0.15) is 0 Å². The first-order chi connectivity index (χ1) is 11.1. The Morgan fingerprint density at radius 1 is 1.13 bits per heavy atom. The fraction of sp³-hybridized carbons (Fsp3) is 0.316. The average Bonchev–Trinajstić information content (AvgIpc) is 2.55. The van der Waals surface area contributed by atoms with E-state index in [0.29, 0.717) is 25.2 Å². The first kappa shape index (κ1) is 15.5. The van der Waals surface area contributed by atoms with Crippen LogP contribution < -0.4 is 4.90 Å². The summed E-state index contributed by atoms with van der Waals surface area (Å²) < 4.78 is 14.3. The summed E-state index contributed by atoms with van der Waals surface area (Å²) in [6.07, 6.45) is 0. The van der Waals surface area contributed by atoms with Gasteiger partial charge < -0.3 is 9.80 Å². The summed E-state index contributed by atoms with van der Waals surface area (Å²) in [7, 11) is 0. The quantitative estimate of drug-likeness (QED) is 0.847.